The zero-order chi connectivity index (χ0) is 50.5. The van der Waals surface area contributed by atoms with E-state index < -0.39 is 146 Å². The number of primary amides is 2. The van der Waals surface area contributed by atoms with Gasteiger partial charge in [-0.2, -0.15) is 0 Å². The third kappa shape index (κ3) is 6.71. The van der Waals surface area contributed by atoms with Gasteiger partial charge in [-0.3, -0.25) is 38.6 Å². The third-order valence-corrected chi connectivity index (χ3v) is 14.7. The average molecular weight is 945 g/mol. The maximum Gasteiger partial charge on any atom is 0.255 e. The van der Waals surface area contributed by atoms with Gasteiger partial charge in [0.2, 0.25) is 11.6 Å². The lowest BCUT2D eigenvalue weighted by Gasteiger charge is -2.53. The lowest BCUT2D eigenvalue weighted by Crippen LogP contribution is -2.70. The van der Waals surface area contributed by atoms with Gasteiger partial charge in [0.15, 0.2) is 22.8 Å². The molecule has 2 aromatic rings. The number of amides is 2. The summed E-state index contributed by atoms with van der Waals surface area (Å²) in [5, 5.41) is 101. The van der Waals surface area contributed by atoms with Crippen LogP contribution >= 0.6 is 0 Å². The fourth-order valence-electron chi connectivity index (χ4n) is 11.6. The van der Waals surface area contributed by atoms with E-state index in [0.717, 1.165) is 12.8 Å². The minimum atomic E-state index is -2.89. The molecule has 0 aromatic heterocycles. The molecule has 0 spiro atoms. The molecule has 0 aliphatic heterocycles. The molecule has 0 heterocycles. The third-order valence-electron chi connectivity index (χ3n) is 14.7. The van der Waals surface area contributed by atoms with Crippen molar-refractivity contribution in [1.82, 2.24) is 9.80 Å². The zero-order valence-electron chi connectivity index (χ0n) is 38.3. The number of rotatable bonds is 8. The molecule has 12 atom stereocenters. The van der Waals surface area contributed by atoms with Crippen LogP contribution in [0.5, 0.6) is 11.5 Å². The highest BCUT2D eigenvalue weighted by molar-refractivity contribution is 6.26. The molecule has 2 aromatic carbocycles. The van der Waals surface area contributed by atoms with E-state index in [1.807, 2.05) is 6.92 Å². The van der Waals surface area contributed by atoms with Crippen LogP contribution in [-0.4, -0.2) is 161 Å². The van der Waals surface area contributed by atoms with Gasteiger partial charge in [0.1, 0.15) is 45.7 Å². The summed E-state index contributed by atoms with van der Waals surface area (Å²) in [5.74, 6) is -16.6. The van der Waals surface area contributed by atoms with Gasteiger partial charge >= 0.3 is 0 Å². The van der Waals surface area contributed by atoms with E-state index in [1.165, 1.54) is 44.1 Å². The van der Waals surface area contributed by atoms with Crippen molar-refractivity contribution in [3.05, 3.63) is 92.5 Å². The topological polar surface area (TPSA) is 352 Å². The summed E-state index contributed by atoms with van der Waals surface area (Å²) in [6.07, 6.45) is -1.48. The van der Waals surface area contributed by atoms with Gasteiger partial charge in [-0.05, 0) is 69.7 Å². The number of unbranched alkanes of at least 4 members (excludes halogenated alkanes) is 1. The molecule has 2 saturated carbocycles. The maximum atomic E-state index is 14.0. The Labute approximate surface area is 389 Å². The lowest BCUT2D eigenvalue weighted by molar-refractivity contribution is -0.170. The molecule has 0 radical (unpaired) electrons. The van der Waals surface area contributed by atoms with E-state index in [4.69, 9.17) is 16.2 Å². The first-order chi connectivity index (χ1) is 31.8. The van der Waals surface area contributed by atoms with Crippen molar-refractivity contribution in [3.8, 4) is 11.5 Å². The summed E-state index contributed by atoms with van der Waals surface area (Å²) in [6.45, 7) is 5.84. The number of phenols is 1. The van der Waals surface area contributed by atoms with Gasteiger partial charge in [-0.25, -0.2) is 0 Å². The summed E-state index contributed by atoms with van der Waals surface area (Å²) in [6, 6.07) is 6.96. The fraction of sp³-hybridized carbons (Fsp3) is 0.458. The molecule has 364 valence electrons. The van der Waals surface area contributed by atoms with Gasteiger partial charge in [0.25, 0.3) is 11.8 Å². The molecule has 20 nitrogen and oxygen atoms in total. The molecular weight excluding hydrogens is 889 g/mol. The van der Waals surface area contributed by atoms with Gasteiger partial charge in [-0.15, -0.1) is 0 Å². The van der Waals surface area contributed by atoms with Gasteiger partial charge < -0.3 is 62.2 Å². The van der Waals surface area contributed by atoms with Crippen molar-refractivity contribution in [2.45, 2.75) is 80.9 Å². The number of Topliss-reactive ketones (excluding diaryl/α,β-unsaturated/α-hetero) is 4. The summed E-state index contributed by atoms with van der Waals surface area (Å²) >= 11 is 0. The highest BCUT2D eigenvalue weighted by Crippen LogP contribution is 2.58. The van der Waals surface area contributed by atoms with Gasteiger partial charge in [-0.1, -0.05) is 51.5 Å². The maximum absolute atomic E-state index is 14.0. The SMILES string of the molecule is CCCCOc1cccc2c1C(O)=C1C(=O)[C@]3(O)C(O)=C(C(N)=O)C(=O)[C@@H](N(C)C)[C@@H]3[C@@H](O)[C@@H]1[C@H]2C.C[C@H]1c2cccc(O)c2C(O)=C2C(=O)[C@]3(O)C(O)=C(C(N)=O)C(=O)[C@@H](N(C)C)[C@@H]3[C@@H](O)[C@@H]21. The number of aromatic hydroxyl groups is 1. The summed E-state index contributed by atoms with van der Waals surface area (Å²) in [4.78, 5) is 80.5. The number of aliphatic hydroxyl groups is 8. The molecule has 2 amide bonds. The Morgan fingerprint density at radius 1 is 0.662 bits per heavy atom. The molecule has 0 unspecified atom stereocenters. The Kier molecular flexibility index (Phi) is 12.6. The van der Waals surface area contributed by atoms with Gasteiger partial charge in [0, 0.05) is 23.0 Å². The van der Waals surface area contributed by atoms with Crippen molar-refractivity contribution in [2.24, 2.45) is 35.1 Å². The van der Waals surface area contributed by atoms with E-state index in [9.17, 15) is 74.7 Å². The second-order valence-electron chi connectivity index (χ2n) is 18.8. The van der Waals surface area contributed by atoms with E-state index >= 15 is 0 Å². The molecule has 8 rings (SSSR count). The number of ether oxygens (including phenoxy) is 1. The first kappa shape index (κ1) is 49.5. The molecule has 6 aliphatic carbocycles. The average Bonchev–Trinajstić information content (AvgIpc) is 3.26. The second kappa shape index (κ2) is 17.3. The molecule has 0 saturated heterocycles. The largest absolute Gasteiger partial charge is 0.508 e. The zero-order valence-corrected chi connectivity index (χ0v) is 38.3. The summed E-state index contributed by atoms with van der Waals surface area (Å²) in [7, 11) is 5.90. The molecule has 13 N–H and O–H groups in total. The predicted octanol–water partition coefficient (Wildman–Crippen LogP) is 0.465. The lowest BCUT2D eigenvalue weighted by atomic mass is 9.54. The molecule has 6 aliphatic rings. The van der Waals surface area contributed by atoms with Crippen LogP contribution in [0, 0.1) is 23.7 Å². The van der Waals surface area contributed by atoms with Crippen molar-refractivity contribution in [3.63, 3.8) is 0 Å². The highest BCUT2D eigenvalue weighted by Gasteiger charge is 2.70. The number of hydrogen-bond donors (Lipinski definition) is 11. The van der Waals surface area contributed by atoms with Crippen LogP contribution in [0.25, 0.3) is 11.5 Å². The number of phenolic OH excluding ortho intramolecular Hbond substituents is 1. The second-order valence-corrected chi connectivity index (χ2v) is 18.8. The van der Waals surface area contributed by atoms with Crippen molar-refractivity contribution < 1.29 is 79.5 Å². The number of aliphatic hydroxyl groups excluding tert-OH is 6. The van der Waals surface area contributed by atoms with E-state index in [2.05, 4.69) is 0 Å². The Hall–Kier alpha value is -6.42. The van der Waals surface area contributed by atoms with Crippen LogP contribution in [0.2, 0.25) is 0 Å². The predicted molar refractivity (Wildman–Crippen MR) is 239 cm³/mol. The van der Waals surface area contributed by atoms with Crippen LogP contribution in [0.3, 0.4) is 0 Å². The van der Waals surface area contributed by atoms with E-state index in [-0.39, 0.29) is 22.4 Å². The van der Waals surface area contributed by atoms with E-state index in [0.29, 0.717) is 23.5 Å². The highest BCUT2D eigenvalue weighted by atomic mass is 16.5. The number of nitrogens with zero attached hydrogens (tertiary/aromatic N) is 2. The van der Waals surface area contributed by atoms with Crippen molar-refractivity contribution >= 4 is 46.5 Å². The van der Waals surface area contributed by atoms with Crippen LogP contribution in [0.4, 0.5) is 0 Å². The Balaban J connectivity index is 0.000000203. The molecular formula is C48H56N4O16. The first-order valence-electron chi connectivity index (χ1n) is 22.0. The number of ketones is 4. The van der Waals surface area contributed by atoms with Crippen LogP contribution in [0.1, 0.15) is 67.7 Å². The molecule has 2 fully saturated rings. The molecule has 68 heavy (non-hydrogen) atoms. The van der Waals surface area contributed by atoms with Crippen LogP contribution in [0.15, 0.2) is 70.2 Å². The fourth-order valence-corrected chi connectivity index (χ4v) is 11.6. The number of benzene rings is 2. The quantitative estimate of drug-likeness (QED) is 0.127. The van der Waals surface area contributed by atoms with Crippen LogP contribution < -0.4 is 16.2 Å². The number of nitrogens with two attached hydrogens (primary N) is 2. The van der Waals surface area contributed by atoms with Crippen molar-refractivity contribution in [2.75, 3.05) is 34.8 Å². The van der Waals surface area contributed by atoms with E-state index in [1.54, 1.807) is 44.2 Å². The molecule has 20 heteroatoms. The number of carbonyl (C=O) groups excluding carboxylic acids is 6. The smallest absolute Gasteiger partial charge is 0.255 e. The number of carbonyl (C=O) groups is 6. The van der Waals surface area contributed by atoms with Crippen LogP contribution in [-0.2, 0) is 28.8 Å². The number of fused-ring (bicyclic) bond motifs is 6. The minimum absolute atomic E-state index is 0.0245. The minimum Gasteiger partial charge on any atom is -0.508 e. The summed E-state index contributed by atoms with van der Waals surface area (Å²) in [5.41, 5.74) is 3.65. The summed E-state index contributed by atoms with van der Waals surface area (Å²) < 4.78 is 5.87. The first-order valence-corrected chi connectivity index (χ1v) is 22.0. The Bertz CT molecular complexity index is 2700. The standard InChI is InChI=1S/C26H32N2O8.C22H24N2O8/c1-5-6-10-36-13-9-7-8-12-11(2)14-16(20(29)15(12)13)23(32)26(35)18(21(14)30)19(28(3)4)22(31)17(24(26)33)25(27)34;1-7-8-5-4-6-9(25)11(8)16(26)12-10(7)17(27)14-15(24(2)3)18(28)13(21(23)31)20(30)22(14,32)19(12)29/h7-9,11,14,18-19,21,29-30,33,35H,5-6,10H2,1-4H3,(H2,27,34);4-7,10,14-15,17,25-27,30,32H,1-3H3,(H2,23,31)/t11-,14+,18+,19-,21-,26-;7-,10+,14+,15-,17-,22-/m00/s1. The number of hydrogen-bond acceptors (Lipinski definition) is 18. The molecule has 0 bridgehead atoms. The monoisotopic (exact) mass is 944 g/mol. The number of likely N-dealkylation sites (N-methyl/N-ethyl adjacent to an activating group) is 2. The Morgan fingerprint density at radius 2 is 1.06 bits per heavy atom. The Morgan fingerprint density at radius 3 is 1.46 bits per heavy atom. The van der Waals surface area contributed by atoms with Gasteiger partial charge in [0.05, 0.1) is 53.9 Å². The van der Waals surface area contributed by atoms with Crippen molar-refractivity contribution in [1.29, 1.82) is 0 Å². The normalized spacial score (nSPS) is 33.0.